The summed E-state index contributed by atoms with van der Waals surface area (Å²) >= 11 is 0. The van der Waals surface area contributed by atoms with Crippen LogP contribution in [0.2, 0.25) is 0 Å². The van der Waals surface area contributed by atoms with Crippen LogP contribution in [0.4, 0.5) is 17.1 Å². The molecule has 120 valence electrons. The molecule has 1 aliphatic rings. The first-order valence-corrected chi connectivity index (χ1v) is 8.14. The van der Waals surface area contributed by atoms with Crippen LogP contribution in [0.3, 0.4) is 0 Å². The minimum Gasteiger partial charge on any atom is -0.397 e. The van der Waals surface area contributed by atoms with Crippen molar-refractivity contribution in [1.82, 2.24) is 0 Å². The van der Waals surface area contributed by atoms with Gasteiger partial charge in [-0.25, -0.2) is 0 Å². The van der Waals surface area contributed by atoms with Crippen molar-refractivity contribution < 1.29 is 4.79 Å². The Morgan fingerprint density at radius 3 is 2.48 bits per heavy atom. The number of hydrogen-bond donors (Lipinski definition) is 2. The van der Waals surface area contributed by atoms with Gasteiger partial charge in [-0.15, -0.1) is 0 Å². The van der Waals surface area contributed by atoms with Gasteiger partial charge < -0.3 is 16.0 Å². The first-order chi connectivity index (χ1) is 11.1. The second kappa shape index (κ2) is 6.73. The van der Waals surface area contributed by atoms with Crippen LogP contribution < -0.4 is 16.0 Å². The Balaban J connectivity index is 1.71. The molecule has 0 aliphatic carbocycles. The molecule has 0 aromatic heterocycles. The Labute approximate surface area is 137 Å². The molecule has 2 aromatic rings. The summed E-state index contributed by atoms with van der Waals surface area (Å²) < 4.78 is 0. The topological polar surface area (TPSA) is 58.4 Å². The quantitative estimate of drug-likeness (QED) is 0.849. The SMILES string of the molecule is CC1CCN(c2ccc(NC(=O)c3ccccc3)cc2N)CC1. The summed E-state index contributed by atoms with van der Waals surface area (Å²) in [6.07, 6.45) is 2.40. The van der Waals surface area contributed by atoms with Crippen molar-refractivity contribution in [1.29, 1.82) is 0 Å². The summed E-state index contributed by atoms with van der Waals surface area (Å²) in [6, 6.07) is 14.9. The zero-order valence-corrected chi connectivity index (χ0v) is 13.5. The Hall–Kier alpha value is -2.49. The molecule has 1 aliphatic heterocycles. The zero-order valence-electron chi connectivity index (χ0n) is 13.5. The molecule has 0 bridgehead atoms. The third-order valence-electron chi connectivity index (χ3n) is 4.45. The summed E-state index contributed by atoms with van der Waals surface area (Å²) in [5.41, 5.74) is 9.35. The lowest BCUT2D eigenvalue weighted by molar-refractivity contribution is 0.102. The van der Waals surface area contributed by atoms with Gasteiger partial charge in [0, 0.05) is 24.3 Å². The molecule has 3 rings (SSSR count). The average Bonchev–Trinajstić information content (AvgIpc) is 2.57. The van der Waals surface area contributed by atoms with Gasteiger partial charge in [0.2, 0.25) is 0 Å². The van der Waals surface area contributed by atoms with Crippen molar-refractivity contribution in [2.24, 2.45) is 5.92 Å². The predicted molar refractivity (Wildman–Crippen MR) is 95.9 cm³/mol. The Morgan fingerprint density at radius 1 is 1.13 bits per heavy atom. The van der Waals surface area contributed by atoms with Gasteiger partial charge in [0.25, 0.3) is 5.91 Å². The zero-order chi connectivity index (χ0) is 16.2. The molecule has 23 heavy (non-hydrogen) atoms. The molecule has 0 saturated carbocycles. The summed E-state index contributed by atoms with van der Waals surface area (Å²) in [6.45, 7) is 4.38. The fourth-order valence-electron chi connectivity index (χ4n) is 2.96. The average molecular weight is 309 g/mol. The van der Waals surface area contributed by atoms with Gasteiger partial charge in [-0.2, -0.15) is 0 Å². The van der Waals surface area contributed by atoms with Crippen molar-refractivity contribution >= 4 is 23.0 Å². The Kier molecular flexibility index (Phi) is 4.51. The van der Waals surface area contributed by atoms with Crippen molar-refractivity contribution in [3.8, 4) is 0 Å². The molecule has 1 fully saturated rings. The highest BCUT2D eigenvalue weighted by Gasteiger charge is 2.18. The maximum atomic E-state index is 12.2. The molecule has 0 atom stereocenters. The van der Waals surface area contributed by atoms with E-state index in [1.165, 1.54) is 12.8 Å². The highest BCUT2D eigenvalue weighted by atomic mass is 16.1. The van der Waals surface area contributed by atoms with Crippen molar-refractivity contribution in [3.05, 3.63) is 54.1 Å². The van der Waals surface area contributed by atoms with Crippen molar-refractivity contribution in [2.75, 3.05) is 29.0 Å². The number of nitrogens with zero attached hydrogens (tertiary/aromatic N) is 1. The number of rotatable bonds is 3. The molecule has 0 radical (unpaired) electrons. The number of anilines is 3. The maximum Gasteiger partial charge on any atom is 0.255 e. The van der Waals surface area contributed by atoms with Crippen LogP contribution in [-0.2, 0) is 0 Å². The maximum absolute atomic E-state index is 12.2. The molecule has 1 heterocycles. The standard InChI is InChI=1S/C19H23N3O/c1-14-9-11-22(12-10-14)18-8-7-16(13-17(18)20)21-19(23)15-5-3-2-4-6-15/h2-8,13-14H,9-12,20H2,1H3,(H,21,23). The van der Waals surface area contributed by atoms with E-state index in [1.54, 1.807) is 12.1 Å². The van der Waals surface area contributed by atoms with Crippen LogP contribution in [-0.4, -0.2) is 19.0 Å². The minimum atomic E-state index is -0.121. The number of carbonyl (C=O) groups is 1. The molecule has 1 saturated heterocycles. The molecule has 4 heteroatoms. The van der Waals surface area contributed by atoms with Crippen LogP contribution in [0.1, 0.15) is 30.1 Å². The van der Waals surface area contributed by atoms with Gasteiger partial charge in [0.1, 0.15) is 0 Å². The summed E-state index contributed by atoms with van der Waals surface area (Å²) in [7, 11) is 0. The van der Waals surface area contributed by atoms with Crippen LogP contribution in [0, 0.1) is 5.92 Å². The van der Waals surface area contributed by atoms with Gasteiger partial charge in [0.05, 0.1) is 11.4 Å². The van der Waals surface area contributed by atoms with E-state index < -0.39 is 0 Å². The molecule has 3 N–H and O–H groups in total. The van der Waals surface area contributed by atoms with Gasteiger partial charge in [0.15, 0.2) is 0 Å². The van der Waals surface area contributed by atoms with Crippen LogP contribution >= 0.6 is 0 Å². The monoisotopic (exact) mass is 309 g/mol. The smallest absolute Gasteiger partial charge is 0.255 e. The molecule has 0 spiro atoms. The van der Waals surface area contributed by atoms with Gasteiger partial charge >= 0.3 is 0 Å². The molecule has 0 unspecified atom stereocenters. The molecule has 1 amide bonds. The third kappa shape index (κ3) is 3.65. The fraction of sp³-hybridized carbons (Fsp3) is 0.316. The Morgan fingerprint density at radius 2 is 1.83 bits per heavy atom. The molecule has 2 aromatic carbocycles. The second-order valence-corrected chi connectivity index (χ2v) is 6.26. The van der Waals surface area contributed by atoms with E-state index in [2.05, 4.69) is 17.1 Å². The first-order valence-electron chi connectivity index (χ1n) is 8.14. The number of amides is 1. The van der Waals surface area contributed by atoms with Crippen molar-refractivity contribution in [3.63, 3.8) is 0 Å². The number of nitrogens with one attached hydrogen (secondary N) is 1. The normalized spacial score (nSPS) is 15.4. The minimum absolute atomic E-state index is 0.121. The summed E-state index contributed by atoms with van der Waals surface area (Å²) in [4.78, 5) is 14.5. The lowest BCUT2D eigenvalue weighted by Crippen LogP contribution is -2.33. The van der Waals surface area contributed by atoms with Crippen LogP contribution in [0.5, 0.6) is 0 Å². The fourth-order valence-corrected chi connectivity index (χ4v) is 2.96. The van der Waals surface area contributed by atoms with E-state index in [1.807, 2.05) is 36.4 Å². The molecular formula is C19H23N3O. The summed E-state index contributed by atoms with van der Waals surface area (Å²) in [5.74, 6) is 0.668. The van der Waals surface area contributed by atoms with Crippen molar-refractivity contribution in [2.45, 2.75) is 19.8 Å². The van der Waals surface area contributed by atoms with E-state index >= 15 is 0 Å². The van der Waals surface area contributed by atoms with Gasteiger partial charge in [-0.1, -0.05) is 25.1 Å². The lowest BCUT2D eigenvalue weighted by Gasteiger charge is -2.33. The number of nitrogen functional groups attached to an aromatic ring is 1. The van der Waals surface area contributed by atoms with E-state index in [0.717, 1.165) is 30.4 Å². The number of piperidine rings is 1. The van der Waals surface area contributed by atoms with Gasteiger partial charge in [-0.3, -0.25) is 4.79 Å². The largest absolute Gasteiger partial charge is 0.397 e. The third-order valence-corrected chi connectivity index (χ3v) is 4.45. The number of hydrogen-bond acceptors (Lipinski definition) is 3. The first kappa shape index (κ1) is 15.4. The molecular weight excluding hydrogens is 286 g/mol. The van der Waals surface area contributed by atoms with Crippen LogP contribution in [0.15, 0.2) is 48.5 Å². The van der Waals surface area contributed by atoms with E-state index in [0.29, 0.717) is 11.3 Å². The van der Waals surface area contributed by atoms with Gasteiger partial charge in [-0.05, 0) is 49.1 Å². The second-order valence-electron chi connectivity index (χ2n) is 6.26. The number of nitrogens with two attached hydrogens (primary N) is 1. The highest BCUT2D eigenvalue weighted by molar-refractivity contribution is 6.04. The van der Waals surface area contributed by atoms with E-state index in [9.17, 15) is 4.79 Å². The highest BCUT2D eigenvalue weighted by Crippen LogP contribution is 2.30. The molecule has 4 nitrogen and oxygen atoms in total. The predicted octanol–water partition coefficient (Wildman–Crippen LogP) is 3.76. The van der Waals surface area contributed by atoms with E-state index in [-0.39, 0.29) is 5.91 Å². The summed E-state index contributed by atoms with van der Waals surface area (Å²) in [5, 5.41) is 2.90. The van der Waals surface area contributed by atoms with E-state index in [4.69, 9.17) is 5.73 Å². The number of carbonyl (C=O) groups excluding carboxylic acids is 1. The lowest BCUT2D eigenvalue weighted by atomic mass is 9.98. The Bertz CT molecular complexity index is 676. The van der Waals surface area contributed by atoms with Crippen LogP contribution in [0.25, 0.3) is 0 Å². The number of benzene rings is 2.